The molecule has 5 unspecified atom stereocenters. The van der Waals surface area contributed by atoms with Gasteiger partial charge in [0.05, 0.1) is 73.8 Å². The second-order valence-electron chi connectivity index (χ2n) is 12.5. The molecule has 0 aliphatic carbocycles. The van der Waals surface area contributed by atoms with Crippen molar-refractivity contribution < 1.29 is 44.5 Å². The standard InChI is InChI=1S/C31H64O9/c1-10-15-37-28(6,7)18-27(21-34)40-31(13-4,14-5)24(22-38-29(8,11-2)16-25(35)19-32)23-39-30(9,12-3)17-26(36)20-33/h24-27,32-36H,10-23H2,1-9H3. The second-order valence-corrected chi connectivity index (χ2v) is 12.5. The average molecular weight is 581 g/mol. The maximum atomic E-state index is 10.4. The van der Waals surface area contributed by atoms with Crippen molar-refractivity contribution in [2.75, 3.05) is 39.6 Å². The Morgan fingerprint density at radius 3 is 1.38 bits per heavy atom. The highest BCUT2D eigenvalue weighted by Crippen LogP contribution is 2.37. The Morgan fingerprint density at radius 2 is 1.05 bits per heavy atom. The van der Waals surface area contributed by atoms with Crippen LogP contribution in [0.1, 0.15) is 114 Å². The highest BCUT2D eigenvalue weighted by atomic mass is 16.5. The first kappa shape index (κ1) is 39.6. The predicted molar refractivity (Wildman–Crippen MR) is 158 cm³/mol. The molecule has 0 radical (unpaired) electrons. The summed E-state index contributed by atoms with van der Waals surface area (Å²) in [4.78, 5) is 0. The minimum Gasteiger partial charge on any atom is -0.394 e. The van der Waals surface area contributed by atoms with Crippen LogP contribution in [-0.4, -0.2) is 106 Å². The van der Waals surface area contributed by atoms with Crippen molar-refractivity contribution in [2.45, 2.75) is 154 Å². The number of hydrogen-bond acceptors (Lipinski definition) is 9. The molecule has 0 aromatic carbocycles. The summed E-state index contributed by atoms with van der Waals surface area (Å²) in [6, 6.07) is 0. The van der Waals surface area contributed by atoms with E-state index in [1.807, 2.05) is 41.5 Å². The number of rotatable bonds is 25. The van der Waals surface area contributed by atoms with Crippen LogP contribution < -0.4 is 0 Å². The minimum absolute atomic E-state index is 0.153. The van der Waals surface area contributed by atoms with Gasteiger partial charge >= 0.3 is 0 Å². The zero-order valence-corrected chi connectivity index (χ0v) is 27.1. The van der Waals surface area contributed by atoms with Gasteiger partial charge in [-0.15, -0.1) is 0 Å². The Bertz CT molecular complexity index is 612. The summed E-state index contributed by atoms with van der Waals surface area (Å²) in [5.74, 6) is -0.245. The van der Waals surface area contributed by atoms with Crippen LogP contribution in [0, 0.1) is 5.92 Å². The van der Waals surface area contributed by atoms with Crippen LogP contribution in [0.25, 0.3) is 0 Å². The van der Waals surface area contributed by atoms with E-state index in [0.717, 1.165) is 6.42 Å². The first-order valence-electron chi connectivity index (χ1n) is 15.4. The van der Waals surface area contributed by atoms with Crippen molar-refractivity contribution in [1.29, 1.82) is 0 Å². The molecule has 0 saturated heterocycles. The fraction of sp³-hybridized carbons (Fsp3) is 1.00. The van der Waals surface area contributed by atoms with Gasteiger partial charge in [-0.3, -0.25) is 0 Å². The van der Waals surface area contributed by atoms with Crippen molar-refractivity contribution in [3.63, 3.8) is 0 Å². The third kappa shape index (κ3) is 13.7. The van der Waals surface area contributed by atoms with Crippen molar-refractivity contribution in [1.82, 2.24) is 0 Å². The molecule has 5 N–H and O–H groups in total. The van der Waals surface area contributed by atoms with E-state index in [9.17, 15) is 25.5 Å². The Morgan fingerprint density at radius 1 is 0.600 bits per heavy atom. The lowest BCUT2D eigenvalue weighted by molar-refractivity contribution is -0.205. The fourth-order valence-electron chi connectivity index (χ4n) is 5.24. The lowest BCUT2D eigenvalue weighted by atomic mass is 9.82. The third-order valence-corrected chi connectivity index (χ3v) is 8.48. The number of aliphatic hydroxyl groups is 5. The molecular formula is C31H64O9. The van der Waals surface area contributed by atoms with E-state index in [4.69, 9.17) is 18.9 Å². The summed E-state index contributed by atoms with van der Waals surface area (Å²) in [6.07, 6.45) is 2.35. The van der Waals surface area contributed by atoms with Gasteiger partial charge < -0.3 is 44.5 Å². The zero-order chi connectivity index (χ0) is 31.0. The highest BCUT2D eigenvalue weighted by molar-refractivity contribution is 4.91. The van der Waals surface area contributed by atoms with Gasteiger partial charge in [0.2, 0.25) is 0 Å². The maximum absolute atomic E-state index is 10.4. The molecule has 0 amide bonds. The molecule has 0 aromatic heterocycles. The topological polar surface area (TPSA) is 138 Å². The zero-order valence-electron chi connectivity index (χ0n) is 27.1. The van der Waals surface area contributed by atoms with E-state index in [1.54, 1.807) is 0 Å². The summed E-state index contributed by atoms with van der Waals surface area (Å²) in [5, 5.41) is 49.5. The van der Waals surface area contributed by atoms with Crippen molar-refractivity contribution >= 4 is 0 Å². The molecule has 0 heterocycles. The van der Waals surface area contributed by atoms with E-state index in [1.165, 1.54) is 0 Å². The third-order valence-electron chi connectivity index (χ3n) is 8.48. The van der Waals surface area contributed by atoms with Gasteiger partial charge in [0.15, 0.2) is 0 Å². The summed E-state index contributed by atoms with van der Waals surface area (Å²) < 4.78 is 25.8. The van der Waals surface area contributed by atoms with Crippen LogP contribution in [0.15, 0.2) is 0 Å². The Hall–Kier alpha value is -0.360. The lowest BCUT2D eigenvalue weighted by Crippen LogP contribution is -2.51. The van der Waals surface area contributed by atoms with Crippen LogP contribution in [0.5, 0.6) is 0 Å². The number of hydrogen-bond donors (Lipinski definition) is 5. The Balaban J connectivity index is 6.21. The number of ether oxygens (including phenoxy) is 4. The van der Waals surface area contributed by atoms with Crippen LogP contribution in [0.2, 0.25) is 0 Å². The molecule has 0 aliphatic heterocycles. The van der Waals surface area contributed by atoms with Gasteiger partial charge in [0.25, 0.3) is 0 Å². The summed E-state index contributed by atoms with van der Waals surface area (Å²) in [7, 11) is 0. The quantitative estimate of drug-likeness (QED) is 0.108. The van der Waals surface area contributed by atoms with E-state index in [2.05, 4.69) is 20.8 Å². The predicted octanol–water partition coefficient (Wildman–Crippen LogP) is 3.99. The molecule has 0 rings (SSSR count). The van der Waals surface area contributed by atoms with E-state index in [-0.39, 0.29) is 51.8 Å². The van der Waals surface area contributed by atoms with Crippen LogP contribution in [-0.2, 0) is 18.9 Å². The maximum Gasteiger partial charge on any atom is 0.0840 e. The van der Waals surface area contributed by atoms with E-state index >= 15 is 0 Å². The van der Waals surface area contributed by atoms with E-state index in [0.29, 0.717) is 38.7 Å². The molecule has 0 aromatic rings. The summed E-state index contributed by atoms with van der Waals surface area (Å²) >= 11 is 0. The first-order chi connectivity index (χ1) is 18.7. The van der Waals surface area contributed by atoms with Gasteiger partial charge in [-0.25, -0.2) is 0 Å². The Labute approximate surface area is 244 Å². The molecule has 0 bridgehead atoms. The van der Waals surface area contributed by atoms with E-state index < -0.39 is 40.7 Å². The molecule has 9 heteroatoms. The molecule has 0 aliphatic rings. The molecule has 0 fully saturated rings. The van der Waals surface area contributed by atoms with Crippen LogP contribution in [0.3, 0.4) is 0 Å². The number of aliphatic hydroxyl groups excluding tert-OH is 5. The van der Waals surface area contributed by atoms with Crippen LogP contribution in [0.4, 0.5) is 0 Å². The molecule has 0 spiro atoms. The minimum atomic E-state index is -0.884. The van der Waals surface area contributed by atoms with Gasteiger partial charge in [-0.1, -0.05) is 34.6 Å². The second kappa shape index (κ2) is 19.0. The van der Waals surface area contributed by atoms with Gasteiger partial charge in [-0.05, 0) is 59.8 Å². The molecule has 0 saturated carbocycles. The monoisotopic (exact) mass is 580 g/mol. The molecule has 5 atom stereocenters. The Kier molecular flexibility index (Phi) is 18.9. The molecule has 242 valence electrons. The molecule has 9 nitrogen and oxygen atoms in total. The normalized spacial score (nSPS) is 19.1. The van der Waals surface area contributed by atoms with Crippen molar-refractivity contribution in [3.8, 4) is 0 Å². The SMILES string of the molecule is CCCOC(C)(C)CC(CO)OC(CC)(CC)C(COC(C)(CC)CC(O)CO)COC(C)(CC)CC(O)CO. The van der Waals surface area contributed by atoms with Gasteiger partial charge in [-0.2, -0.15) is 0 Å². The fourth-order valence-corrected chi connectivity index (χ4v) is 5.24. The van der Waals surface area contributed by atoms with Crippen molar-refractivity contribution in [2.24, 2.45) is 5.92 Å². The summed E-state index contributed by atoms with van der Waals surface area (Å²) in [6.45, 7) is 18.4. The lowest BCUT2D eigenvalue weighted by Gasteiger charge is -2.45. The van der Waals surface area contributed by atoms with Gasteiger partial charge in [0, 0.05) is 31.8 Å². The average Bonchev–Trinajstić information content (AvgIpc) is 2.94. The largest absolute Gasteiger partial charge is 0.394 e. The first-order valence-corrected chi connectivity index (χ1v) is 15.4. The smallest absolute Gasteiger partial charge is 0.0840 e. The van der Waals surface area contributed by atoms with Gasteiger partial charge in [0.1, 0.15) is 0 Å². The molecule has 40 heavy (non-hydrogen) atoms. The van der Waals surface area contributed by atoms with Crippen LogP contribution >= 0.6 is 0 Å². The highest BCUT2D eigenvalue weighted by Gasteiger charge is 2.43. The molecular weight excluding hydrogens is 516 g/mol. The summed E-state index contributed by atoms with van der Waals surface area (Å²) in [5.41, 5.74) is -2.49. The van der Waals surface area contributed by atoms with Crippen molar-refractivity contribution in [3.05, 3.63) is 0 Å².